The van der Waals surface area contributed by atoms with Crippen LogP contribution in [0.2, 0.25) is 0 Å². The minimum absolute atomic E-state index is 0.342. The number of aryl methyl sites for hydroxylation is 2. The van der Waals surface area contributed by atoms with E-state index in [0.29, 0.717) is 12.0 Å². The molecule has 1 aromatic rings. The summed E-state index contributed by atoms with van der Waals surface area (Å²) in [5.41, 5.74) is 8.95. The molecule has 0 heterocycles. The third-order valence-electron chi connectivity index (χ3n) is 3.38. The van der Waals surface area contributed by atoms with Crippen LogP contribution in [-0.2, 0) is 6.42 Å². The number of nitrogens with two attached hydrogens (primary N) is 1. The zero-order chi connectivity index (χ0) is 11.3. The van der Waals surface area contributed by atoms with Gasteiger partial charge in [0.1, 0.15) is 0 Å². The molecule has 0 aromatic heterocycles. The van der Waals surface area contributed by atoms with Crippen LogP contribution in [0.15, 0.2) is 24.3 Å². The van der Waals surface area contributed by atoms with Gasteiger partial charge in [-0.2, -0.15) is 0 Å². The second-order valence-corrected chi connectivity index (χ2v) is 4.51. The molecule has 1 heteroatoms. The maximum atomic E-state index is 6.13. The van der Waals surface area contributed by atoms with E-state index < -0.39 is 0 Å². The molecule has 2 atom stereocenters. The van der Waals surface area contributed by atoms with Crippen LogP contribution >= 0.6 is 0 Å². The molecule has 1 rings (SSSR count). The van der Waals surface area contributed by atoms with Crippen LogP contribution in [0.4, 0.5) is 0 Å². The number of benzene rings is 1. The summed E-state index contributed by atoms with van der Waals surface area (Å²) < 4.78 is 0. The van der Waals surface area contributed by atoms with Crippen molar-refractivity contribution in [2.75, 3.05) is 0 Å². The van der Waals surface area contributed by atoms with Crippen LogP contribution < -0.4 is 5.73 Å². The van der Waals surface area contributed by atoms with Crippen molar-refractivity contribution in [3.8, 4) is 0 Å². The Hall–Kier alpha value is -0.820. The third-order valence-corrected chi connectivity index (χ3v) is 3.38. The first-order chi connectivity index (χ1) is 7.15. The lowest BCUT2D eigenvalue weighted by atomic mass is 9.93. The Morgan fingerprint density at radius 3 is 2.53 bits per heavy atom. The first kappa shape index (κ1) is 12.3. The highest BCUT2D eigenvalue weighted by atomic mass is 14.6. The average Bonchev–Trinajstić information content (AvgIpc) is 2.26. The van der Waals surface area contributed by atoms with Crippen LogP contribution in [0.1, 0.15) is 37.8 Å². The van der Waals surface area contributed by atoms with Gasteiger partial charge in [0.2, 0.25) is 0 Å². The Morgan fingerprint density at radius 1 is 1.27 bits per heavy atom. The fraction of sp³-hybridized carbons (Fsp3) is 0.571. The molecule has 2 N–H and O–H groups in total. The monoisotopic (exact) mass is 205 g/mol. The Kier molecular flexibility index (Phi) is 4.83. The molecular formula is C14H23N. The molecule has 0 bridgehead atoms. The van der Waals surface area contributed by atoms with Crippen LogP contribution in [0.3, 0.4) is 0 Å². The van der Waals surface area contributed by atoms with E-state index in [1.54, 1.807) is 0 Å². The molecule has 2 unspecified atom stereocenters. The van der Waals surface area contributed by atoms with Gasteiger partial charge < -0.3 is 5.73 Å². The molecular weight excluding hydrogens is 182 g/mol. The molecule has 1 nitrogen and oxygen atoms in total. The van der Waals surface area contributed by atoms with Crippen molar-refractivity contribution in [3.05, 3.63) is 35.4 Å². The van der Waals surface area contributed by atoms with Gasteiger partial charge in [0, 0.05) is 6.04 Å². The summed E-state index contributed by atoms with van der Waals surface area (Å²) in [6.07, 6.45) is 3.38. The molecule has 0 aliphatic carbocycles. The predicted molar refractivity (Wildman–Crippen MR) is 66.9 cm³/mol. The van der Waals surface area contributed by atoms with E-state index in [-0.39, 0.29) is 0 Å². The van der Waals surface area contributed by atoms with Crippen LogP contribution in [0.5, 0.6) is 0 Å². The third kappa shape index (κ3) is 3.67. The maximum Gasteiger partial charge on any atom is 0.00675 e. The number of rotatable bonds is 5. The topological polar surface area (TPSA) is 26.0 Å². The van der Waals surface area contributed by atoms with Gasteiger partial charge in [-0.05, 0) is 36.8 Å². The molecule has 0 saturated heterocycles. The average molecular weight is 205 g/mol. The van der Waals surface area contributed by atoms with Gasteiger partial charge in [0.25, 0.3) is 0 Å². The summed E-state index contributed by atoms with van der Waals surface area (Å²) in [7, 11) is 0. The summed E-state index contributed by atoms with van der Waals surface area (Å²) >= 11 is 0. The molecule has 0 amide bonds. The van der Waals surface area contributed by atoms with Crippen molar-refractivity contribution in [2.45, 2.75) is 46.1 Å². The van der Waals surface area contributed by atoms with Crippen molar-refractivity contribution in [2.24, 2.45) is 11.7 Å². The highest BCUT2D eigenvalue weighted by molar-refractivity contribution is 5.25. The summed E-state index contributed by atoms with van der Waals surface area (Å²) in [6.45, 7) is 6.62. The van der Waals surface area contributed by atoms with E-state index in [0.717, 1.165) is 12.8 Å². The van der Waals surface area contributed by atoms with Gasteiger partial charge in [-0.25, -0.2) is 0 Å². The SMILES string of the molecule is CCC(C)C(N)CCc1ccccc1C. The van der Waals surface area contributed by atoms with Gasteiger partial charge in [-0.3, -0.25) is 0 Å². The highest BCUT2D eigenvalue weighted by Gasteiger charge is 2.10. The minimum Gasteiger partial charge on any atom is -0.327 e. The van der Waals surface area contributed by atoms with Gasteiger partial charge in [0.15, 0.2) is 0 Å². The number of hydrogen-bond donors (Lipinski definition) is 1. The molecule has 0 aliphatic rings. The molecule has 15 heavy (non-hydrogen) atoms. The molecule has 0 radical (unpaired) electrons. The Balaban J connectivity index is 2.47. The van der Waals surface area contributed by atoms with Gasteiger partial charge in [-0.15, -0.1) is 0 Å². The molecule has 1 aromatic carbocycles. The summed E-state index contributed by atoms with van der Waals surface area (Å²) in [5, 5.41) is 0. The standard InChI is InChI=1S/C14H23N/c1-4-11(2)14(15)10-9-13-8-6-5-7-12(13)3/h5-8,11,14H,4,9-10,15H2,1-3H3. The first-order valence-electron chi connectivity index (χ1n) is 5.95. The molecule has 0 spiro atoms. The smallest absolute Gasteiger partial charge is 0.00675 e. The van der Waals surface area contributed by atoms with Crippen LogP contribution in [-0.4, -0.2) is 6.04 Å². The number of hydrogen-bond acceptors (Lipinski definition) is 1. The van der Waals surface area contributed by atoms with Crippen molar-refractivity contribution in [1.29, 1.82) is 0 Å². The molecule has 0 fully saturated rings. The fourth-order valence-corrected chi connectivity index (χ4v) is 1.80. The van der Waals surface area contributed by atoms with Crippen LogP contribution in [0, 0.1) is 12.8 Å². The predicted octanol–water partition coefficient (Wildman–Crippen LogP) is 3.30. The first-order valence-corrected chi connectivity index (χ1v) is 5.95. The summed E-state index contributed by atoms with van der Waals surface area (Å²) in [5.74, 6) is 0.633. The quantitative estimate of drug-likeness (QED) is 0.784. The lowest BCUT2D eigenvalue weighted by Gasteiger charge is -2.18. The van der Waals surface area contributed by atoms with E-state index in [9.17, 15) is 0 Å². The molecule has 0 saturated carbocycles. The lowest BCUT2D eigenvalue weighted by molar-refractivity contribution is 0.420. The molecule has 0 aliphatic heterocycles. The van der Waals surface area contributed by atoms with E-state index >= 15 is 0 Å². The summed E-state index contributed by atoms with van der Waals surface area (Å²) in [4.78, 5) is 0. The van der Waals surface area contributed by atoms with Crippen molar-refractivity contribution in [3.63, 3.8) is 0 Å². The second-order valence-electron chi connectivity index (χ2n) is 4.51. The summed E-state index contributed by atoms with van der Waals surface area (Å²) in [6, 6.07) is 8.92. The zero-order valence-electron chi connectivity index (χ0n) is 10.2. The maximum absolute atomic E-state index is 6.13. The Labute approximate surface area is 93.7 Å². The normalized spacial score (nSPS) is 14.9. The van der Waals surface area contributed by atoms with E-state index in [4.69, 9.17) is 5.73 Å². The lowest BCUT2D eigenvalue weighted by Crippen LogP contribution is -2.28. The minimum atomic E-state index is 0.342. The zero-order valence-corrected chi connectivity index (χ0v) is 10.2. The van der Waals surface area contributed by atoms with Crippen molar-refractivity contribution in [1.82, 2.24) is 0 Å². The highest BCUT2D eigenvalue weighted by Crippen LogP contribution is 2.14. The largest absolute Gasteiger partial charge is 0.327 e. The van der Waals surface area contributed by atoms with Crippen LogP contribution in [0.25, 0.3) is 0 Å². The second kappa shape index (κ2) is 5.92. The molecule has 84 valence electrons. The van der Waals surface area contributed by atoms with E-state index in [2.05, 4.69) is 45.0 Å². The van der Waals surface area contributed by atoms with Crippen molar-refractivity contribution >= 4 is 0 Å². The van der Waals surface area contributed by atoms with E-state index in [1.807, 2.05) is 0 Å². The Morgan fingerprint density at radius 2 is 1.93 bits per heavy atom. The van der Waals surface area contributed by atoms with Gasteiger partial charge >= 0.3 is 0 Å². The van der Waals surface area contributed by atoms with Gasteiger partial charge in [-0.1, -0.05) is 44.5 Å². The van der Waals surface area contributed by atoms with E-state index in [1.165, 1.54) is 17.5 Å². The van der Waals surface area contributed by atoms with Crippen molar-refractivity contribution < 1.29 is 0 Å². The Bertz CT molecular complexity index is 293. The van der Waals surface area contributed by atoms with Gasteiger partial charge in [0.05, 0.1) is 0 Å². The fourth-order valence-electron chi connectivity index (χ4n) is 1.80.